The van der Waals surface area contributed by atoms with Gasteiger partial charge in [0.1, 0.15) is 12.2 Å². The summed E-state index contributed by atoms with van der Waals surface area (Å²) in [5.74, 6) is -0.0603. The number of likely N-dealkylation sites (N-methyl/N-ethyl adjacent to an activating group) is 1. The Bertz CT molecular complexity index is 334. The molecule has 0 aromatic carbocycles. The van der Waals surface area contributed by atoms with Gasteiger partial charge in [0.05, 0.1) is 6.20 Å². The van der Waals surface area contributed by atoms with Gasteiger partial charge in [-0.15, -0.1) is 5.10 Å². The van der Waals surface area contributed by atoms with Gasteiger partial charge < -0.3 is 4.90 Å². The van der Waals surface area contributed by atoms with Crippen LogP contribution in [0, 0.1) is 0 Å². The smallest absolute Gasteiger partial charge is 0.244 e. The van der Waals surface area contributed by atoms with Crippen LogP contribution in [0.3, 0.4) is 0 Å². The molecular weight excluding hydrogens is 184 g/mol. The summed E-state index contributed by atoms with van der Waals surface area (Å²) in [6, 6.07) is 0. The number of carbonyl (C=O) groups is 2. The average molecular weight is 196 g/mol. The molecule has 1 heterocycles. The third kappa shape index (κ3) is 2.38. The van der Waals surface area contributed by atoms with E-state index in [9.17, 15) is 9.59 Å². The lowest BCUT2D eigenvalue weighted by molar-refractivity contribution is -0.130. The molecule has 0 saturated heterocycles. The van der Waals surface area contributed by atoms with Crippen LogP contribution in [0.1, 0.15) is 17.4 Å². The summed E-state index contributed by atoms with van der Waals surface area (Å²) in [6.45, 7) is 2.65. The molecule has 0 saturated carbocycles. The van der Waals surface area contributed by atoms with Gasteiger partial charge in [-0.2, -0.15) is 0 Å². The number of carbonyl (C=O) groups excluding carboxylic acids is 2. The summed E-state index contributed by atoms with van der Waals surface area (Å²) in [5, 5.41) is 7.18. The number of hydrogen-bond acceptors (Lipinski definition) is 4. The third-order valence-electron chi connectivity index (χ3n) is 1.87. The second-order valence-corrected chi connectivity index (χ2v) is 2.87. The topological polar surface area (TPSA) is 68.1 Å². The van der Waals surface area contributed by atoms with Crippen LogP contribution >= 0.6 is 0 Å². The molecule has 0 radical (unpaired) electrons. The predicted molar refractivity (Wildman–Crippen MR) is 48.7 cm³/mol. The second kappa shape index (κ2) is 4.50. The number of rotatable bonds is 4. The molecule has 0 fully saturated rings. The molecule has 6 nitrogen and oxygen atoms in total. The molecule has 1 amide bonds. The van der Waals surface area contributed by atoms with Gasteiger partial charge in [0.2, 0.25) is 5.91 Å². The van der Waals surface area contributed by atoms with Crippen LogP contribution < -0.4 is 0 Å². The largest absolute Gasteiger partial charge is 0.344 e. The Morgan fingerprint density at radius 3 is 2.93 bits per heavy atom. The fraction of sp³-hybridized carbons (Fsp3) is 0.500. The highest BCUT2D eigenvalue weighted by Crippen LogP contribution is 1.92. The summed E-state index contributed by atoms with van der Waals surface area (Å²) in [6.07, 6.45) is 2.03. The van der Waals surface area contributed by atoms with Gasteiger partial charge in [-0.25, -0.2) is 4.68 Å². The molecule has 76 valence electrons. The molecule has 14 heavy (non-hydrogen) atoms. The summed E-state index contributed by atoms with van der Waals surface area (Å²) in [7, 11) is 1.71. The van der Waals surface area contributed by atoms with Crippen LogP contribution in [0.2, 0.25) is 0 Å². The van der Waals surface area contributed by atoms with E-state index in [0.717, 1.165) is 0 Å². The maximum atomic E-state index is 11.4. The molecule has 0 aliphatic carbocycles. The van der Waals surface area contributed by atoms with E-state index in [4.69, 9.17) is 0 Å². The molecule has 0 bridgehead atoms. The second-order valence-electron chi connectivity index (χ2n) is 2.87. The van der Waals surface area contributed by atoms with Crippen molar-refractivity contribution in [3.8, 4) is 0 Å². The fourth-order valence-electron chi connectivity index (χ4n) is 0.880. The Hall–Kier alpha value is -1.72. The van der Waals surface area contributed by atoms with Crippen molar-refractivity contribution in [2.24, 2.45) is 0 Å². The van der Waals surface area contributed by atoms with Crippen molar-refractivity contribution in [2.75, 3.05) is 13.6 Å². The zero-order valence-corrected chi connectivity index (χ0v) is 8.17. The normalized spacial score (nSPS) is 9.86. The monoisotopic (exact) mass is 196 g/mol. The number of aldehydes is 1. The van der Waals surface area contributed by atoms with Gasteiger partial charge in [0.15, 0.2) is 6.29 Å². The molecule has 1 aromatic heterocycles. The van der Waals surface area contributed by atoms with Crippen LogP contribution in [-0.2, 0) is 11.3 Å². The van der Waals surface area contributed by atoms with Crippen LogP contribution in [0.25, 0.3) is 0 Å². The van der Waals surface area contributed by atoms with Crippen LogP contribution in [-0.4, -0.2) is 45.7 Å². The van der Waals surface area contributed by atoms with Crippen molar-refractivity contribution in [2.45, 2.75) is 13.5 Å². The first-order chi connectivity index (χ1) is 6.67. The molecule has 1 aromatic rings. The first kappa shape index (κ1) is 10.4. The highest BCUT2D eigenvalue weighted by molar-refractivity contribution is 5.76. The zero-order chi connectivity index (χ0) is 10.6. The zero-order valence-electron chi connectivity index (χ0n) is 8.17. The minimum atomic E-state index is -0.0603. The quantitative estimate of drug-likeness (QED) is 0.613. The van der Waals surface area contributed by atoms with Gasteiger partial charge in [-0.05, 0) is 6.92 Å². The third-order valence-corrected chi connectivity index (χ3v) is 1.87. The minimum Gasteiger partial charge on any atom is -0.344 e. The van der Waals surface area contributed by atoms with E-state index in [2.05, 4.69) is 10.3 Å². The standard InChI is InChI=1S/C8H12N4O2/c1-3-11(2)8(14)5-12-4-7(6-13)9-10-12/h4,6H,3,5H2,1-2H3. The van der Waals surface area contributed by atoms with E-state index in [1.54, 1.807) is 11.9 Å². The van der Waals surface area contributed by atoms with E-state index in [1.807, 2.05) is 6.92 Å². The van der Waals surface area contributed by atoms with E-state index in [-0.39, 0.29) is 18.1 Å². The molecule has 1 rings (SSSR count). The molecule has 0 unspecified atom stereocenters. The number of hydrogen-bond donors (Lipinski definition) is 0. The lowest BCUT2D eigenvalue weighted by Gasteiger charge is -2.13. The van der Waals surface area contributed by atoms with Crippen molar-refractivity contribution < 1.29 is 9.59 Å². The Morgan fingerprint density at radius 1 is 1.71 bits per heavy atom. The van der Waals surface area contributed by atoms with E-state index in [1.165, 1.54) is 10.9 Å². The van der Waals surface area contributed by atoms with Gasteiger partial charge >= 0.3 is 0 Å². The Labute approximate surface area is 81.5 Å². The number of nitrogens with zero attached hydrogens (tertiary/aromatic N) is 4. The van der Waals surface area contributed by atoms with E-state index < -0.39 is 0 Å². The van der Waals surface area contributed by atoms with E-state index >= 15 is 0 Å². The van der Waals surface area contributed by atoms with Gasteiger partial charge in [-0.3, -0.25) is 9.59 Å². The van der Waals surface area contributed by atoms with Gasteiger partial charge in [0.25, 0.3) is 0 Å². The highest BCUT2D eigenvalue weighted by Gasteiger charge is 2.08. The molecule has 0 aliphatic rings. The van der Waals surface area contributed by atoms with E-state index in [0.29, 0.717) is 12.8 Å². The molecule has 0 atom stereocenters. The summed E-state index contributed by atoms with van der Waals surface area (Å²) < 4.78 is 1.35. The van der Waals surface area contributed by atoms with Crippen LogP contribution in [0.4, 0.5) is 0 Å². The minimum absolute atomic E-state index is 0.0603. The number of amides is 1. The predicted octanol–water partition coefficient (Wildman–Crippen LogP) is -0.431. The SMILES string of the molecule is CCN(C)C(=O)Cn1cc(C=O)nn1. The molecule has 6 heteroatoms. The summed E-state index contributed by atoms with van der Waals surface area (Å²) >= 11 is 0. The number of aromatic nitrogens is 3. The van der Waals surface area contributed by atoms with Gasteiger partial charge in [0, 0.05) is 13.6 Å². The lowest BCUT2D eigenvalue weighted by Crippen LogP contribution is -2.30. The highest BCUT2D eigenvalue weighted by atomic mass is 16.2. The van der Waals surface area contributed by atoms with Crippen LogP contribution in [0.5, 0.6) is 0 Å². The fourth-order valence-corrected chi connectivity index (χ4v) is 0.880. The van der Waals surface area contributed by atoms with Crippen molar-refractivity contribution in [3.05, 3.63) is 11.9 Å². The molecule has 0 aliphatic heterocycles. The lowest BCUT2D eigenvalue weighted by atomic mass is 10.5. The molecular formula is C8H12N4O2. The van der Waals surface area contributed by atoms with Gasteiger partial charge in [-0.1, -0.05) is 5.21 Å². The van der Waals surface area contributed by atoms with Crippen molar-refractivity contribution in [1.82, 2.24) is 19.9 Å². The first-order valence-corrected chi connectivity index (χ1v) is 4.26. The van der Waals surface area contributed by atoms with Crippen LogP contribution in [0.15, 0.2) is 6.20 Å². The maximum absolute atomic E-state index is 11.4. The van der Waals surface area contributed by atoms with Crippen molar-refractivity contribution >= 4 is 12.2 Å². The Morgan fingerprint density at radius 2 is 2.43 bits per heavy atom. The Kier molecular flexibility index (Phi) is 3.33. The Balaban J connectivity index is 2.60. The molecule has 0 N–H and O–H groups in total. The summed E-state index contributed by atoms with van der Waals surface area (Å²) in [5.41, 5.74) is 0.233. The van der Waals surface area contributed by atoms with Crippen molar-refractivity contribution in [1.29, 1.82) is 0 Å². The molecule has 0 spiro atoms. The van der Waals surface area contributed by atoms with Crippen molar-refractivity contribution in [3.63, 3.8) is 0 Å². The summed E-state index contributed by atoms with van der Waals surface area (Å²) in [4.78, 5) is 23.2. The maximum Gasteiger partial charge on any atom is 0.244 e. The average Bonchev–Trinajstić information content (AvgIpc) is 2.64. The first-order valence-electron chi connectivity index (χ1n) is 4.26.